The number of nitrogens with zero attached hydrogens (tertiary/aromatic N) is 3. The number of para-hydroxylation sites is 2. The summed E-state index contributed by atoms with van der Waals surface area (Å²) in [6, 6.07) is 9.32. The minimum absolute atomic E-state index is 0.0880. The molecule has 35 heavy (non-hydrogen) atoms. The molecule has 0 saturated carbocycles. The van der Waals surface area contributed by atoms with Crippen LogP contribution in [0.25, 0.3) is 0 Å². The molecule has 1 N–H and O–H groups in total. The largest absolute Gasteiger partial charge is 0.485 e. The smallest absolute Gasteiger partial charge is 0.267 e. The second-order valence-corrected chi connectivity index (χ2v) is 10.4. The number of aryl methyl sites for hydroxylation is 1. The predicted molar refractivity (Wildman–Crippen MR) is 133 cm³/mol. The molecule has 0 radical (unpaired) electrons. The van der Waals surface area contributed by atoms with Gasteiger partial charge in [-0.05, 0) is 50.3 Å². The Morgan fingerprint density at radius 2 is 1.86 bits per heavy atom. The van der Waals surface area contributed by atoms with E-state index in [4.69, 9.17) is 9.47 Å². The number of carbonyl (C=O) groups is 2. The summed E-state index contributed by atoms with van der Waals surface area (Å²) in [5.41, 5.74) is 1.76. The van der Waals surface area contributed by atoms with E-state index in [0.29, 0.717) is 48.2 Å². The highest BCUT2D eigenvalue weighted by Gasteiger charge is 2.34. The quantitative estimate of drug-likeness (QED) is 0.656. The summed E-state index contributed by atoms with van der Waals surface area (Å²) in [6.45, 7) is 4.31. The number of anilines is 1. The van der Waals surface area contributed by atoms with E-state index in [0.717, 1.165) is 31.2 Å². The molecule has 5 rings (SSSR count). The van der Waals surface area contributed by atoms with Crippen molar-refractivity contribution in [2.24, 2.45) is 0 Å². The Morgan fingerprint density at radius 1 is 1.11 bits per heavy atom. The zero-order valence-corrected chi connectivity index (χ0v) is 20.7. The van der Waals surface area contributed by atoms with Crippen molar-refractivity contribution in [1.29, 1.82) is 5.26 Å². The van der Waals surface area contributed by atoms with Crippen LogP contribution in [0.2, 0.25) is 0 Å². The molecule has 2 unspecified atom stereocenters. The summed E-state index contributed by atoms with van der Waals surface area (Å²) < 4.78 is 11.6. The van der Waals surface area contributed by atoms with Gasteiger partial charge in [0.05, 0.1) is 11.6 Å². The Hall–Kier alpha value is -3.09. The summed E-state index contributed by atoms with van der Waals surface area (Å²) in [4.78, 5) is 31.2. The lowest BCUT2D eigenvalue weighted by atomic mass is 10.1. The van der Waals surface area contributed by atoms with Crippen LogP contribution >= 0.6 is 11.3 Å². The van der Waals surface area contributed by atoms with Crippen molar-refractivity contribution in [2.45, 2.75) is 51.2 Å². The molecule has 2 aromatic rings. The van der Waals surface area contributed by atoms with Gasteiger partial charge in [0.1, 0.15) is 17.7 Å². The number of rotatable bonds is 4. The summed E-state index contributed by atoms with van der Waals surface area (Å²) in [5.74, 6) is 1.04. The van der Waals surface area contributed by atoms with Crippen molar-refractivity contribution in [3.8, 4) is 17.6 Å². The Bertz CT molecular complexity index is 1150. The average Bonchev–Trinajstić information content (AvgIpc) is 3.05. The van der Waals surface area contributed by atoms with Crippen molar-refractivity contribution >= 4 is 28.2 Å². The van der Waals surface area contributed by atoms with Gasteiger partial charge >= 0.3 is 0 Å². The molecule has 1 aliphatic carbocycles. The van der Waals surface area contributed by atoms with Gasteiger partial charge in [-0.15, -0.1) is 11.3 Å². The first kappa shape index (κ1) is 23.6. The maximum absolute atomic E-state index is 13.1. The van der Waals surface area contributed by atoms with Crippen molar-refractivity contribution in [3.05, 3.63) is 40.3 Å². The lowest BCUT2D eigenvalue weighted by Crippen LogP contribution is -2.57. The third-order valence-electron chi connectivity index (χ3n) is 7.11. The van der Waals surface area contributed by atoms with Crippen LogP contribution in [-0.2, 0) is 22.4 Å². The number of piperazine rings is 1. The van der Waals surface area contributed by atoms with Gasteiger partial charge < -0.3 is 19.7 Å². The van der Waals surface area contributed by atoms with Crippen molar-refractivity contribution in [1.82, 2.24) is 9.80 Å². The molecule has 1 aromatic heterocycles. The number of amides is 2. The van der Waals surface area contributed by atoms with Gasteiger partial charge in [0.2, 0.25) is 12.0 Å². The Labute approximate surface area is 209 Å². The van der Waals surface area contributed by atoms with Crippen molar-refractivity contribution in [2.75, 3.05) is 38.1 Å². The number of thiophene rings is 1. The van der Waals surface area contributed by atoms with Crippen LogP contribution in [0, 0.1) is 11.3 Å². The average molecular weight is 495 g/mol. The van der Waals surface area contributed by atoms with Crippen LogP contribution < -0.4 is 14.8 Å². The molecule has 1 saturated heterocycles. The van der Waals surface area contributed by atoms with E-state index in [2.05, 4.69) is 16.3 Å². The molecule has 3 aliphatic rings. The number of fused-ring (bicyclic) bond motifs is 2. The van der Waals surface area contributed by atoms with Gasteiger partial charge in [0, 0.05) is 31.1 Å². The molecule has 9 heteroatoms. The fraction of sp³-hybridized carbons (Fsp3) is 0.500. The highest BCUT2D eigenvalue weighted by molar-refractivity contribution is 7.16. The molecular weight excluding hydrogens is 464 g/mol. The lowest BCUT2D eigenvalue weighted by molar-refractivity contribution is -0.143. The number of carbonyl (C=O) groups excluding carboxylic acids is 2. The zero-order chi connectivity index (χ0) is 24.4. The van der Waals surface area contributed by atoms with Crippen LogP contribution in [0.5, 0.6) is 11.5 Å². The molecule has 2 atom stereocenters. The minimum atomic E-state index is -0.657. The molecule has 2 amide bonds. The van der Waals surface area contributed by atoms with Crippen LogP contribution in [-0.4, -0.2) is 66.5 Å². The first-order valence-corrected chi connectivity index (χ1v) is 13.1. The second-order valence-electron chi connectivity index (χ2n) is 9.27. The molecule has 2 aliphatic heterocycles. The SMILES string of the molecule is CC(C(=O)Nc1sc2c(c1C#N)CCCCC2)N1CCN(C(=O)C2COc3ccccc3O2)CC1. The molecule has 0 spiro atoms. The van der Waals surface area contributed by atoms with Gasteiger partial charge in [-0.25, -0.2) is 0 Å². The maximum Gasteiger partial charge on any atom is 0.267 e. The third-order valence-corrected chi connectivity index (χ3v) is 8.31. The molecular formula is C26H30N4O4S. The second kappa shape index (κ2) is 10.3. The third kappa shape index (κ3) is 4.86. The van der Waals surface area contributed by atoms with Crippen molar-refractivity contribution in [3.63, 3.8) is 0 Å². The predicted octanol–water partition coefficient (Wildman–Crippen LogP) is 3.20. The Balaban J connectivity index is 1.16. The fourth-order valence-electron chi connectivity index (χ4n) is 5.01. The van der Waals surface area contributed by atoms with E-state index < -0.39 is 6.10 Å². The number of benzene rings is 1. The number of hydrogen-bond acceptors (Lipinski definition) is 7. The number of nitriles is 1. The van der Waals surface area contributed by atoms with E-state index >= 15 is 0 Å². The summed E-state index contributed by atoms with van der Waals surface area (Å²) in [5, 5.41) is 13.4. The van der Waals surface area contributed by atoms with E-state index in [-0.39, 0.29) is 24.5 Å². The zero-order valence-electron chi connectivity index (χ0n) is 19.9. The van der Waals surface area contributed by atoms with Crippen LogP contribution in [0.15, 0.2) is 24.3 Å². The Morgan fingerprint density at radius 3 is 2.63 bits per heavy atom. The van der Waals surface area contributed by atoms with E-state index in [1.54, 1.807) is 22.3 Å². The van der Waals surface area contributed by atoms with Crippen LogP contribution in [0.3, 0.4) is 0 Å². The van der Waals surface area contributed by atoms with Gasteiger partial charge in [-0.3, -0.25) is 14.5 Å². The molecule has 1 fully saturated rings. The first-order chi connectivity index (χ1) is 17.0. The van der Waals surface area contributed by atoms with Gasteiger partial charge in [-0.2, -0.15) is 5.26 Å². The first-order valence-electron chi connectivity index (χ1n) is 12.3. The van der Waals surface area contributed by atoms with Crippen LogP contribution in [0.1, 0.15) is 42.2 Å². The van der Waals surface area contributed by atoms with Gasteiger partial charge in [0.15, 0.2) is 11.5 Å². The van der Waals surface area contributed by atoms with Crippen molar-refractivity contribution < 1.29 is 19.1 Å². The van der Waals surface area contributed by atoms with Gasteiger partial charge in [-0.1, -0.05) is 18.6 Å². The molecule has 184 valence electrons. The van der Waals surface area contributed by atoms with E-state index in [1.165, 1.54) is 11.3 Å². The number of nitrogens with one attached hydrogen (secondary N) is 1. The van der Waals surface area contributed by atoms with E-state index in [9.17, 15) is 14.9 Å². The fourth-order valence-corrected chi connectivity index (χ4v) is 6.25. The molecule has 1 aromatic carbocycles. The minimum Gasteiger partial charge on any atom is -0.485 e. The van der Waals surface area contributed by atoms with Gasteiger partial charge in [0.25, 0.3) is 5.91 Å². The summed E-state index contributed by atoms with van der Waals surface area (Å²) in [6.07, 6.45) is 4.66. The maximum atomic E-state index is 13.1. The summed E-state index contributed by atoms with van der Waals surface area (Å²) >= 11 is 1.56. The Kier molecular flexibility index (Phi) is 6.93. The molecule has 3 heterocycles. The monoisotopic (exact) mass is 494 g/mol. The topological polar surface area (TPSA) is 94.9 Å². The van der Waals surface area contributed by atoms with E-state index in [1.807, 2.05) is 25.1 Å². The van der Waals surface area contributed by atoms with Crippen LogP contribution in [0.4, 0.5) is 5.00 Å². The molecule has 0 bridgehead atoms. The molecule has 8 nitrogen and oxygen atoms in total. The normalized spacial score (nSPS) is 20.8. The number of ether oxygens (including phenoxy) is 2. The standard InChI is InChI=1S/C26H30N4O4S/c1-17(24(31)28-25-19(15-27)18-7-3-2-4-10-23(18)35-25)29-11-13-30(14-12-29)26(32)22-16-33-20-8-5-6-9-21(20)34-22/h5-6,8-9,17,22H,2-4,7,10-14,16H2,1H3,(H,28,31). The highest BCUT2D eigenvalue weighted by Crippen LogP contribution is 2.37. The summed E-state index contributed by atoms with van der Waals surface area (Å²) in [7, 11) is 0. The lowest BCUT2D eigenvalue weighted by Gasteiger charge is -2.39. The highest BCUT2D eigenvalue weighted by atomic mass is 32.1. The number of hydrogen-bond donors (Lipinski definition) is 1.